The van der Waals surface area contributed by atoms with Gasteiger partial charge in [-0.05, 0) is 25.5 Å². The Bertz CT molecular complexity index is 616. The number of hydrogen-bond donors (Lipinski definition) is 2. The first-order valence-corrected chi connectivity index (χ1v) is 6.98. The van der Waals surface area contributed by atoms with Crippen LogP contribution in [0.1, 0.15) is 17.8 Å². The maximum absolute atomic E-state index is 10.6. The number of aromatic hydroxyl groups is 1. The third-order valence-corrected chi connectivity index (χ3v) is 3.80. The molecule has 0 saturated carbocycles. The Hall–Kier alpha value is -1.99. The van der Waals surface area contributed by atoms with Crippen molar-refractivity contribution in [2.75, 3.05) is 13.1 Å². The lowest BCUT2D eigenvalue weighted by molar-refractivity contribution is 0.0272. The molecule has 0 spiro atoms. The smallest absolute Gasteiger partial charge is 0.138 e. The molecule has 1 atom stereocenters. The molecular weight excluding hydrogens is 270 g/mol. The van der Waals surface area contributed by atoms with Gasteiger partial charge >= 0.3 is 0 Å². The molecular formula is C14H19N5O2. The minimum absolute atomic E-state index is 0.201. The number of aromatic nitrogens is 4. The van der Waals surface area contributed by atoms with E-state index in [0.29, 0.717) is 31.7 Å². The molecule has 1 saturated heterocycles. The molecule has 0 aliphatic carbocycles. The first kappa shape index (κ1) is 14.0. The van der Waals surface area contributed by atoms with Crippen molar-refractivity contribution >= 4 is 0 Å². The molecule has 1 unspecified atom stereocenters. The maximum Gasteiger partial charge on any atom is 0.138 e. The molecule has 2 aromatic rings. The van der Waals surface area contributed by atoms with Gasteiger partial charge in [-0.25, -0.2) is 4.68 Å². The molecule has 1 aliphatic rings. The van der Waals surface area contributed by atoms with Crippen LogP contribution in [0.5, 0.6) is 5.75 Å². The number of aliphatic hydroxyl groups is 1. The van der Waals surface area contributed by atoms with Crippen LogP contribution in [0.2, 0.25) is 0 Å². The van der Waals surface area contributed by atoms with Gasteiger partial charge in [0.25, 0.3) is 0 Å². The van der Waals surface area contributed by atoms with Gasteiger partial charge in [-0.1, -0.05) is 5.21 Å². The summed E-state index contributed by atoms with van der Waals surface area (Å²) in [7, 11) is 0. The Morgan fingerprint density at radius 3 is 3.00 bits per heavy atom. The van der Waals surface area contributed by atoms with E-state index in [2.05, 4.69) is 20.2 Å². The Morgan fingerprint density at radius 1 is 1.38 bits per heavy atom. The molecule has 0 radical (unpaired) electrons. The van der Waals surface area contributed by atoms with Gasteiger partial charge in [-0.2, -0.15) is 0 Å². The highest BCUT2D eigenvalue weighted by Gasteiger charge is 2.37. The first-order chi connectivity index (χ1) is 10.0. The van der Waals surface area contributed by atoms with Crippen LogP contribution in [0.3, 0.4) is 0 Å². The number of nitrogens with zero attached hydrogens (tertiary/aromatic N) is 5. The van der Waals surface area contributed by atoms with E-state index in [9.17, 15) is 10.2 Å². The van der Waals surface area contributed by atoms with Crippen molar-refractivity contribution in [3.05, 3.63) is 35.9 Å². The molecule has 112 valence electrons. The maximum atomic E-state index is 10.6. The van der Waals surface area contributed by atoms with Gasteiger partial charge in [0, 0.05) is 31.5 Å². The number of aryl methyl sites for hydroxylation is 1. The van der Waals surface area contributed by atoms with Crippen molar-refractivity contribution in [1.82, 2.24) is 24.9 Å². The molecule has 7 nitrogen and oxygen atoms in total. The van der Waals surface area contributed by atoms with Crippen LogP contribution in [0.25, 0.3) is 0 Å². The highest BCUT2D eigenvalue weighted by molar-refractivity contribution is 5.27. The van der Waals surface area contributed by atoms with Crippen molar-refractivity contribution in [2.24, 2.45) is 0 Å². The van der Waals surface area contributed by atoms with Crippen LogP contribution < -0.4 is 0 Å². The van der Waals surface area contributed by atoms with E-state index >= 15 is 0 Å². The van der Waals surface area contributed by atoms with Crippen molar-refractivity contribution in [1.29, 1.82) is 0 Å². The fraction of sp³-hybridized carbons (Fsp3) is 0.500. The number of rotatable bonds is 4. The molecule has 2 aromatic heterocycles. The second-order valence-corrected chi connectivity index (χ2v) is 5.70. The van der Waals surface area contributed by atoms with Gasteiger partial charge in [-0.15, -0.1) is 5.10 Å². The fourth-order valence-electron chi connectivity index (χ4n) is 2.75. The van der Waals surface area contributed by atoms with Crippen LogP contribution in [0.4, 0.5) is 0 Å². The molecule has 3 heterocycles. The Balaban J connectivity index is 1.65. The van der Waals surface area contributed by atoms with Gasteiger partial charge in [0.05, 0.1) is 24.0 Å². The number of β-amino-alcohol motifs (C(OH)–C–C–N with tert-alkyl or cyclic N) is 1. The van der Waals surface area contributed by atoms with Crippen LogP contribution in [-0.4, -0.2) is 53.8 Å². The predicted octanol–water partition coefficient (Wildman–Crippen LogP) is 0.324. The molecule has 3 rings (SSSR count). The molecule has 2 N–H and O–H groups in total. The number of pyridine rings is 1. The Labute approximate surface area is 122 Å². The lowest BCUT2D eigenvalue weighted by Crippen LogP contribution is -2.37. The van der Waals surface area contributed by atoms with Crippen molar-refractivity contribution in [3.8, 4) is 5.75 Å². The molecule has 0 bridgehead atoms. The second kappa shape index (κ2) is 5.42. The minimum atomic E-state index is -0.812. The zero-order valence-corrected chi connectivity index (χ0v) is 12.0. The quantitative estimate of drug-likeness (QED) is 0.843. The van der Waals surface area contributed by atoms with Gasteiger partial charge in [-0.3, -0.25) is 9.88 Å². The minimum Gasteiger partial charge on any atom is -0.506 e. The summed E-state index contributed by atoms with van der Waals surface area (Å²) in [5, 5.41) is 28.1. The van der Waals surface area contributed by atoms with Crippen LogP contribution in [0.15, 0.2) is 24.5 Å². The topological polar surface area (TPSA) is 87.3 Å². The van der Waals surface area contributed by atoms with Crippen molar-refractivity contribution < 1.29 is 10.2 Å². The lowest BCUT2D eigenvalue weighted by atomic mass is 10.0. The monoisotopic (exact) mass is 289 g/mol. The number of hydrogen-bond acceptors (Lipinski definition) is 6. The number of likely N-dealkylation sites (tertiary alicyclic amines) is 1. The van der Waals surface area contributed by atoms with E-state index in [1.807, 2.05) is 6.92 Å². The molecule has 1 aliphatic heterocycles. The summed E-state index contributed by atoms with van der Waals surface area (Å²) in [5.41, 5.74) is 0.715. The molecule has 0 aromatic carbocycles. The first-order valence-electron chi connectivity index (χ1n) is 6.98. The third-order valence-electron chi connectivity index (χ3n) is 3.80. The van der Waals surface area contributed by atoms with E-state index in [1.165, 1.54) is 0 Å². The average molecular weight is 289 g/mol. The highest BCUT2D eigenvalue weighted by atomic mass is 16.3. The zero-order valence-electron chi connectivity index (χ0n) is 12.0. The summed E-state index contributed by atoms with van der Waals surface area (Å²) in [6.07, 6.45) is 4.01. The summed E-state index contributed by atoms with van der Waals surface area (Å²) in [6.45, 7) is 4.15. The summed E-state index contributed by atoms with van der Waals surface area (Å²) in [5.74, 6) is 0.201. The Kier molecular flexibility index (Phi) is 3.60. The van der Waals surface area contributed by atoms with E-state index in [0.717, 1.165) is 12.2 Å². The van der Waals surface area contributed by atoms with Gasteiger partial charge in [0.2, 0.25) is 0 Å². The Morgan fingerprint density at radius 2 is 2.24 bits per heavy atom. The van der Waals surface area contributed by atoms with E-state index < -0.39 is 5.60 Å². The lowest BCUT2D eigenvalue weighted by Gasteiger charge is -2.23. The fourth-order valence-corrected chi connectivity index (χ4v) is 2.75. The molecule has 0 amide bonds. The summed E-state index contributed by atoms with van der Waals surface area (Å²) in [6, 6.07) is 3.44. The van der Waals surface area contributed by atoms with E-state index in [4.69, 9.17) is 0 Å². The standard InChI is InChI=1S/C14H19N5O2/c1-11-2-3-13(20)12(16-11)8-18-6-4-14(21,9-18)10-19-7-5-15-17-19/h2-3,5,7,20-21H,4,6,8-10H2,1H3. The molecule has 21 heavy (non-hydrogen) atoms. The van der Waals surface area contributed by atoms with Crippen molar-refractivity contribution in [3.63, 3.8) is 0 Å². The van der Waals surface area contributed by atoms with Crippen LogP contribution in [-0.2, 0) is 13.1 Å². The summed E-state index contributed by atoms with van der Waals surface area (Å²) >= 11 is 0. The normalized spacial score (nSPS) is 22.8. The largest absolute Gasteiger partial charge is 0.506 e. The van der Waals surface area contributed by atoms with E-state index in [1.54, 1.807) is 29.2 Å². The van der Waals surface area contributed by atoms with Gasteiger partial charge < -0.3 is 10.2 Å². The van der Waals surface area contributed by atoms with Crippen LogP contribution >= 0.6 is 0 Å². The van der Waals surface area contributed by atoms with Gasteiger partial charge in [0.15, 0.2) is 0 Å². The van der Waals surface area contributed by atoms with Gasteiger partial charge in [0.1, 0.15) is 5.75 Å². The highest BCUT2D eigenvalue weighted by Crippen LogP contribution is 2.26. The molecule has 7 heteroatoms. The SMILES string of the molecule is Cc1ccc(O)c(CN2CCC(O)(Cn3ccnn3)C2)n1. The predicted molar refractivity (Wildman–Crippen MR) is 75.5 cm³/mol. The van der Waals surface area contributed by atoms with Crippen LogP contribution in [0, 0.1) is 6.92 Å². The summed E-state index contributed by atoms with van der Waals surface area (Å²) in [4.78, 5) is 6.45. The van der Waals surface area contributed by atoms with Crippen molar-refractivity contribution in [2.45, 2.75) is 32.0 Å². The third kappa shape index (κ3) is 3.20. The van der Waals surface area contributed by atoms with E-state index in [-0.39, 0.29) is 5.75 Å². The second-order valence-electron chi connectivity index (χ2n) is 5.70. The average Bonchev–Trinajstić information content (AvgIpc) is 3.05. The zero-order chi connectivity index (χ0) is 14.9. The summed E-state index contributed by atoms with van der Waals surface area (Å²) < 4.78 is 1.64. The molecule has 1 fully saturated rings.